The van der Waals surface area contributed by atoms with Gasteiger partial charge in [0, 0.05) is 17.7 Å². The molecule has 2 aliphatic rings. The van der Waals surface area contributed by atoms with E-state index < -0.39 is 0 Å². The van der Waals surface area contributed by atoms with Gasteiger partial charge < -0.3 is 5.32 Å². The number of carbonyl (C=O) groups excluding carboxylic acids is 2. The minimum Gasteiger partial charge on any atom is -0.325 e. The standard InChI is InChI=1S/C16H14N2O2S/c1-9-5-14(21-8-9)16(20)17-11-3-4-12-10(2)6-15(19)18-13(12)7-11/h3-8,12H,1-2H3,(H,18,19). The third kappa shape index (κ3) is 2.78. The number of carbonyl (C=O) groups is 2. The summed E-state index contributed by atoms with van der Waals surface area (Å²) in [5, 5.41) is 4.73. The van der Waals surface area contributed by atoms with Crippen LogP contribution in [-0.4, -0.2) is 17.5 Å². The van der Waals surface area contributed by atoms with Crippen LogP contribution in [0.3, 0.4) is 0 Å². The summed E-state index contributed by atoms with van der Waals surface area (Å²) in [5.41, 5.74) is 3.38. The van der Waals surface area contributed by atoms with Crippen molar-refractivity contribution in [2.24, 2.45) is 10.9 Å². The summed E-state index contributed by atoms with van der Waals surface area (Å²) in [6.45, 7) is 3.86. The lowest BCUT2D eigenvalue weighted by Gasteiger charge is -2.25. The minimum absolute atomic E-state index is 0.0701. The number of thiophene rings is 1. The molecule has 4 nitrogen and oxygen atoms in total. The van der Waals surface area contributed by atoms with Crippen LogP contribution in [0.4, 0.5) is 0 Å². The number of allylic oxidation sites excluding steroid dienone is 3. The second-order valence-corrected chi connectivity index (χ2v) is 6.06. The van der Waals surface area contributed by atoms with E-state index in [-0.39, 0.29) is 17.7 Å². The Labute approximate surface area is 126 Å². The van der Waals surface area contributed by atoms with Crippen LogP contribution < -0.4 is 5.32 Å². The highest BCUT2D eigenvalue weighted by atomic mass is 32.1. The predicted octanol–water partition coefficient (Wildman–Crippen LogP) is 2.78. The quantitative estimate of drug-likeness (QED) is 0.866. The SMILES string of the molecule is CC1=CC(=O)NC2=CC(=NC(=O)c3cc(C)cs3)C=CC12. The molecule has 0 saturated carbocycles. The first-order chi connectivity index (χ1) is 10.0. The van der Waals surface area contributed by atoms with Crippen LogP contribution in [-0.2, 0) is 4.79 Å². The van der Waals surface area contributed by atoms with Gasteiger partial charge in [-0.15, -0.1) is 11.3 Å². The van der Waals surface area contributed by atoms with Crippen molar-refractivity contribution >= 4 is 28.9 Å². The molecule has 3 rings (SSSR count). The third-order valence-corrected chi connectivity index (χ3v) is 4.42. The summed E-state index contributed by atoms with van der Waals surface area (Å²) < 4.78 is 0. The Morgan fingerprint density at radius 1 is 1.33 bits per heavy atom. The molecule has 2 heterocycles. The van der Waals surface area contributed by atoms with E-state index in [2.05, 4.69) is 10.3 Å². The van der Waals surface area contributed by atoms with Crippen molar-refractivity contribution in [3.05, 3.63) is 57.5 Å². The molecule has 1 N–H and O–H groups in total. The molecule has 0 radical (unpaired) electrons. The predicted molar refractivity (Wildman–Crippen MR) is 83.4 cm³/mol. The summed E-state index contributed by atoms with van der Waals surface area (Å²) in [6.07, 6.45) is 7.12. The molecule has 0 fully saturated rings. The number of nitrogens with zero attached hydrogens (tertiary/aromatic N) is 1. The van der Waals surface area contributed by atoms with Gasteiger partial charge in [0.1, 0.15) is 0 Å². The van der Waals surface area contributed by atoms with Crippen molar-refractivity contribution in [2.75, 3.05) is 0 Å². The fraction of sp³-hybridized carbons (Fsp3) is 0.188. The van der Waals surface area contributed by atoms with Crippen molar-refractivity contribution in [3.63, 3.8) is 0 Å². The zero-order valence-electron chi connectivity index (χ0n) is 11.7. The van der Waals surface area contributed by atoms with Crippen molar-refractivity contribution in [3.8, 4) is 0 Å². The highest BCUT2D eigenvalue weighted by molar-refractivity contribution is 7.12. The number of aryl methyl sites for hydroxylation is 1. The molecule has 1 aromatic rings. The number of rotatable bonds is 1. The summed E-state index contributed by atoms with van der Waals surface area (Å²) in [6, 6.07) is 1.83. The van der Waals surface area contributed by atoms with Gasteiger partial charge in [0.25, 0.3) is 5.91 Å². The molecule has 0 bridgehead atoms. The topological polar surface area (TPSA) is 58.5 Å². The molecule has 1 unspecified atom stereocenters. The number of nitrogens with one attached hydrogen (secondary N) is 1. The maximum atomic E-state index is 12.1. The number of hydrogen-bond donors (Lipinski definition) is 1. The van der Waals surface area contributed by atoms with Gasteiger partial charge in [0.05, 0.1) is 10.6 Å². The monoisotopic (exact) mass is 298 g/mol. The second-order valence-electron chi connectivity index (χ2n) is 5.14. The van der Waals surface area contributed by atoms with Crippen molar-refractivity contribution in [2.45, 2.75) is 13.8 Å². The minimum atomic E-state index is -0.252. The number of fused-ring (bicyclic) bond motifs is 1. The molecule has 1 aliphatic heterocycles. The Morgan fingerprint density at radius 3 is 2.86 bits per heavy atom. The number of amides is 2. The summed E-state index contributed by atoms with van der Waals surface area (Å²) in [7, 11) is 0. The van der Waals surface area contributed by atoms with Gasteiger partial charge in [-0.2, -0.15) is 0 Å². The maximum Gasteiger partial charge on any atom is 0.287 e. The Bertz CT molecular complexity index is 750. The van der Waals surface area contributed by atoms with E-state index in [0.29, 0.717) is 10.6 Å². The van der Waals surface area contributed by atoms with Crippen LogP contribution in [0.15, 0.2) is 52.0 Å². The van der Waals surface area contributed by atoms with Crippen LogP contribution in [0.1, 0.15) is 22.2 Å². The fourth-order valence-electron chi connectivity index (χ4n) is 2.37. The molecule has 2 amide bonds. The molecule has 1 aliphatic carbocycles. The van der Waals surface area contributed by atoms with Crippen molar-refractivity contribution in [1.82, 2.24) is 5.32 Å². The van der Waals surface area contributed by atoms with Gasteiger partial charge >= 0.3 is 0 Å². The van der Waals surface area contributed by atoms with E-state index >= 15 is 0 Å². The van der Waals surface area contributed by atoms with E-state index in [1.807, 2.05) is 37.4 Å². The van der Waals surface area contributed by atoms with Crippen LogP contribution in [0.5, 0.6) is 0 Å². The lowest BCUT2D eigenvalue weighted by atomic mass is 9.89. The second kappa shape index (κ2) is 5.26. The molecule has 0 aromatic carbocycles. The van der Waals surface area contributed by atoms with E-state index in [4.69, 9.17) is 0 Å². The average Bonchev–Trinajstić information content (AvgIpc) is 2.85. The zero-order chi connectivity index (χ0) is 15.0. The van der Waals surface area contributed by atoms with Crippen molar-refractivity contribution in [1.29, 1.82) is 0 Å². The highest BCUT2D eigenvalue weighted by Gasteiger charge is 2.24. The van der Waals surface area contributed by atoms with Gasteiger partial charge in [-0.1, -0.05) is 11.6 Å². The zero-order valence-corrected chi connectivity index (χ0v) is 12.5. The first-order valence-corrected chi connectivity index (χ1v) is 7.48. The largest absolute Gasteiger partial charge is 0.325 e. The normalized spacial score (nSPS) is 22.5. The van der Waals surface area contributed by atoms with E-state index in [1.165, 1.54) is 11.3 Å². The van der Waals surface area contributed by atoms with Crippen LogP contribution in [0.25, 0.3) is 0 Å². The molecule has 0 saturated heterocycles. The Hall–Kier alpha value is -2.27. The molecule has 1 aromatic heterocycles. The highest BCUT2D eigenvalue weighted by Crippen LogP contribution is 2.26. The molecule has 0 spiro atoms. The van der Waals surface area contributed by atoms with Gasteiger partial charge in [0.15, 0.2) is 0 Å². The van der Waals surface area contributed by atoms with Crippen molar-refractivity contribution < 1.29 is 9.59 Å². The summed E-state index contributed by atoms with van der Waals surface area (Å²) in [5.74, 6) is -0.317. The molecule has 106 valence electrons. The third-order valence-electron chi connectivity index (χ3n) is 3.39. The van der Waals surface area contributed by atoms with Gasteiger partial charge in [0.2, 0.25) is 5.91 Å². The summed E-state index contributed by atoms with van der Waals surface area (Å²) in [4.78, 5) is 28.3. The Balaban J connectivity index is 1.87. The smallest absolute Gasteiger partial charge is 0.287 e. The van der Waals surface area contributed by atoms with Gasteiger partial charge in [-0.05, 0) is 43.0 Å². The molecule has 5 heteroatoms. The number of hydrogen-bond acceptors (Lipinski definition) is 3. The van der Waals surface area contributed by atoms with Gasteiger partial charge in [-0.3, -0.25) is 9.59 Å². The number of aliphatic imine (C=N–C) groups is 1. The van der Waals surface area contributed by atoms with Crippen LogP contribution in [0.2, 0.25) is 0 Å². The maximum absolute atomic E-state index is 12.1. The summed E-state index contributed by atoms with van der Waals surface area (Å²) >= 11 is 1.39. The van der Waals surface area contributed by atoms with E-state index in [1.54, 1.807) is 12.2 Å². The molecule has 21 heavy (non-hydrogen) atoms. The van der Waals surface area contributed by atoms with E-state index in [9.17, 15) is 9.59 Å². The first kappa shape index (κ1) is 13.7. The molecule has 1 atom stereocenters. The molecular weight excluding hydrogens is 284 g/mol. The van der Waals surface area contributed by atoms with Gasteiger partial charge in [-0.25, -0.2) is 4.99 Å². The average molecular weight is 298 g/mol. The fourth-order valence-corrected chi connectivity index (χ4v) is 3.15. The Morgan fingerprint density at radius 2 is 2.14 bits per heavy atom. The van der Waals surface area contributed by atoms with Crippen LogP contribution in [0, 0.1) is 12.8 Å². The van der Waals surface area contributed by atoms with Crippen LogP contribution >= 0.6 is 11.3 Å². The molecular formula is C16H14N2O2S. The lowest BCUT2D eigenvalue weighted by molar-refractivity contribution is -0.116. The van der Waals surface area contributed by atoms with E-state index in [0.717, 1.165) is 16.8 Å². The first-order valence-electron chi connectivity index (χ1n) is 6.60. The lowest BCUT2D eigenvalue weighted by Crippen LogP contribution is -2.32. The Kier molecular flexibility index (Phi) is 3.43.